The van der Waals surface area contributed by atoms with Gasteiger partial charge in [0.25, 0.3) is 5.91 Å². The Labute approximate surface area is 214 Å². The van der Waals surface area contributed by atoms with Gasteiger partial charge in [0.1, 0.15) is 23.6 Å². The molecule has 0 saturated heterocycles. The molecule has 0 aliphatic carbocycles. The normalized spacial score (nSPS) is 15.4. The van der Waals surface area contributed by atoms with Crippen molar-refractivity contribution in [3.63, 3.8) is 0 Å². The molecule has 1 N–H and O–H groups in total. The van der Waals surface area contributed by atoms with E-state index in [-0.39, 0.29) is 10.6 Å². The Bertz CT molecular complexity index is 1500. The third-order valence-corrected chi connectivity index (χ3v) is 6.55. The third-order valence-electron chi connectivity index (χ3n) is 6.11. The number of hydrogen-bond donors (Lipinski definition) is 2. The predicted octanol–water partition coefficient (Wildman–Crippen LogP) is 5.16. The van der Waals surface area contributed by atoms with Gasteiger partial charge in [-0.1, -0.05) is 36.4 Å². The van der Waals surface area contributed by atoms with Gasteiger partial charge in [0.05, 0.1) is 23.5 Å². The van der Waals surface area contributed by atoms with E-state index >= 15 is 0 Å². The molecule has 7 nitrogen and oxygen atoms in total. The molecule has 178 valence electrons. The van der Waals surface area contributed by atoms with Gasteiger partial charge in [0, 0.05) is 23.0 Å². The van der Waals surface area contributed by atoms with Gasteiger partial charge in [-0.05, 0) is 55.0 Å². The van der Waals surface area contributed by atoms with Crippen LogP contribution in [0.15, 0.2) is 95.7 Å². The number of carbonyl (C=O) groups is 1. The average Bonchev–Trinajstić information content (AvgIpc) is 3.35. The van der Waals surface area contributed by atoms with Crippen molar-refractivity contribution in [3.8, 4) is 28.8 Å². The number of amides is 1. The van der Waals surface area contributed by atoms with Crippen molar-refractivity contribution in [1.82, 2.24) is 15.1 Å². The molecule has 1 aliphatic heterocycles. The maximum atomic E-state index is 13.0. The molecule has 1 unspecified atom stereocenters. The number of anilines is 1. The van der Waals surface area contributed by atoms with Gasteiger partial charge >= 0.3 is 0 Å². The lowest BCUT2D eigenvalue weighted by molar-refractivity contribution is -0.118. The van der Waals surface area contributed by atoms with Gasteiger partial charge in [-0.3, -0.25) is 4.79 Å². The van der Waals surface area contributed by atoms with Crippen LogP contribution >= 0.6 is 12.6 Å². The molecular weight excluding hydrogens is 470 g/mol. The fourth-order valence-corrected chi connectivity index (χ4v) is 4.66. The van der Waals surface area contributed by atoms with Crippen LogP contribution < -0.4 is 15.0 Å². The second-order valence-corrected chi connectivity index (χ2v) is 8.71. The van der Waals surface area contributed by atoms with E-state index in [0.717, 1.165) is 33.8 Å². The molecule has 4 aromatic rings. The number of nitrogens with one attached hydrogen (secondary N) is 1. The highest BCUT2D eigenvalue weighted by atomic mass is 32.1. The number of nitriles is 1. The number of nitrogens with zero attached hydrogens (tertiary/aromatic N) is 4. The van der Waals surface area contributed by atoms with E-state index in [1.165, 1.54) is 0 Å². The maximum Gasteiger partial charge on any atom is 0.266 e. The van der Waals surface area contributed by atoms with E-state index in [1.807, 2.05) is 103 Å². The standard InChI is InChI=1S/C28H23N5O2S/c1-18-8-6-7-11-24(18)33-26(30-27(34)22(16-29)28(33)36)23-17-32(20-9-4-3-5-10-20)31-25(23)19-12-14-21(35-2)15-13-19/h3-15,17,26,36H,1-2H3,(H,30,34). The molecule has 36 heavy (non-hydrogen) atoms. The molecule has 0 saturated carbocycles. The minimum atomic E-state index is -0.655. The van der Waals surface area contributed by atoms with Gasteiger partial charge in [-0.2, -0.15) is 10.4 Å². The van der Waals surface area contributed by atoms with E-state index in [0.29, 0.717) is 5.69 Å². The zero-order valence-electron chi connectivity index (χ0n) is 19.7. The van der Waals surface area contributed by atoms with E-state index in [1.54, 1.807) is 11.8 Å². The molecule has 1 atom stereocenters. The molecule has 2 heterocycles. The fourth-order valence-electron chi connectivity index (χ4n) is 4.28. The Hall–Kier alpha value is -4.48. The molecule has 8 heteroatoms. The zero-order valence-corrected chi connectivity index (χ0v) is 20.6. The Morgan fingerprint density at radius 2 is 1.72 bits per heavy atom. The smallest absolute Gasteiger partial charge is 0.266 e. The number of rotatable bonds is 5. The van der Waals surface area contributed by atoms with Crippen molar-refractivity contribution in [2.75, 3.05) is 12.0 Å². The van der Waals surface area contributed by atoms with Gasteiger partial charge in [-0.25, -0.2) is 4.68 Å². The SMILES string of the molecule is COc1ccc(-c2nn(-c3ccccc3)cc2C2NC(=O)C(C#N)=C(S)N2c2ccccc2C)cc1. The predicted molar refractivity (Wildman–Crippen MR) is 142 cm³/mol. The lowest BCUT2D eigenvalue weighted by atomic mass is 10.0. The lowest BCUT2D eigenvalue weighted by Crippen LogP contribution is -2.46. The van der Waals surface area contributed by atoms with Crippen molar-refractivity contribution < 1.29 is 9.53 Å². The molecule has 0 spiro atoms. The molecule has 1 aliphatic rings. The Kier molecular flexibility index (Phi) is 6.23. The highest BCUT2D eigenvalue weighted by Gasteiger charge is 2.37. The Morgan fingerprint density at radius 1 is 1.03 bits per heavy atom. The third kappa shape index (κ3) is 4.10. The monoisotopic (exact) mass is 493 g/mol. The molecule has 3 aromatic carbocycles. The quantitative estimate of drug-likeness (QED) is 0.376. The van der Waals surface area contributed by atoms with E-state index in [4.69, 9.17) is 9.84 Å². The molecule has 0 radical (unpaired) electrons. The summed E-state index contributed by atoms with van der Waals surface area (Å²) >= 11 is 4.66. The van der Waals surface area contributed by atoms with Gasteiger partial charge in [0.15, 0.2) is 0 Å². The van der Waals surface area contributed by atoms with Crippen LogP contribution in [0.1, 0.15) is 17.3 Å². The van der Waals surface area contributed by atoms with Crippen LogP contribution in [0.25, 0.3) is 16.9 Å². The van der Waals surface area contributed by atoms with Crippen molar-refractivity contribution in [3.05, 3.63) is 107 Å². The first kappa shape index (κ1) is 23.3. The highest BCUT2D eigenvalue weighted by Crippen LogP contribution is 2.40. The number of para-hydroxylation sites is 2. The summed E-state index contributed by atoms with van der Waals surface area (Å²) in [5.74, 6) is 0.250. The summed E-state index contributed by atoms with van der Waals surface area (Å²) in [6, 6.07) is 27.2. The van der Waals surface area contributed by atoms with Gasteiger partial charge < -0.3 is 15.0 Å². The minimum absolute atomic E-state index is 0.0423. The zero-order chi connectivity index (χ0) is 25.2. The van der Waals surface area contributed by atoms with E-state index in [2.05, 4.69) is 17.9 Å². The summed E-state index contributed by atoms with van der Waals surface area (Å²) < 4.78 is 7.12. The van der Waals surface area contributed by atoms with Crippen LogP contribution in [0.5, 0.6) is 5.75 Å². The Morgan fingerprint density at radius 3 is 2.39 bits per heavy atom. The molecule has 5 rings (SSSR count). The van der Waals surface area contributed by atoms with Crippen LogP contribution in [-0.2, 0) is 4.79 Å². The van der Waals surface area contributed by atoms with E-state index in [9.17, 15) is 10.1 Å². The van der Waals surface area contributed by atoms with Crippen LogP contribution in [0.3, 0.4) is 0 Å². The minimum Gasteiger partial charge on any atom is -0.497 e. The van der Waals surface area contributed by atoms with Crippen molar-refractivity contribution in [2.24, 2.45) is 0 Å². The van der Waals surface area contributed by atoms with Crippen LogP contribution in [-0.4, -0.2) is 22.8 Å². The van der Waals surface area contributed by atoms with Crippen molar-refractivity contribution in [2.45, 2.75) is 13.1 Å². The van der Waals surface area contributed by atoms with Crippen molar-refractivity contribution >= 4 is 24.2 Å². The van der Waals surface area contributed by atoms with E-state index < -0.39 is 12.1 Å². The van der Waals surface area contributed by atoms with Crippen LogP contribution in [0.2, 0.25) is 0 Å². The molecule has 1 aromatic heterocycles. The number of benzene rings is 3. The average molecular weight is 494 g/mol. The first-order chi connectivity index (χ1) is 17.5. The molecule has 0 bridgehead atoms. The summed E-state index contributed by atoms with van der Waals surface area (Å²) in [4.78, 5) is 14.9. The fraction of sp³-hybridized carbons (Fsp3) is 0.107. The van der Waals surface area contributed by atoms with Crippen molar-refractivity contribution in [1.29, 1.82) is 5.26 Å². The number of aromatic nitrogens is 2. The lowest BCUT2D eigenvalue weighted by Gasteiger charge is -2.38. The summed E-state index contributed by atoms with van der Waals surface area (Å²) in [5, 5.41) is 17.9. The number of hydrogen-bond acceptors (Lipinski definition) is 6. The number of methoxy groups -OCH3 is 1. The van der Waals surface area contributed by atoms with Crippen LogP contribution in [0.4, 0.5) is 5.69 Å². The first-order valence-electron chi connectivity index (χ1n) is 11.3. The number of aryl methyl sites for hydroxylation is 1. The second-order valence-electron chi connectivity index (χ2n) is 8.28. The van der Waals surface area contributed by atoms with Gasteiger partial charge in [0.2, 0.25) is 0 Å². The maximum absolute atomic E-state index is 13.0. The summed E-state index contributed by atoms with van der Waals surface area (Å²) in [7, 11) is 1.62. The Balaban J connectivity index is 1.74. The molecule has 1 amide bonds. The largest absolute Gasteiger partial charge is 0.497 e. The summed E-state index contributed by atoms with van der Waals surface area (Å²) in [6.45, 7) is 1.98. The highest BCUT2D eigenvalue weighted by molar-refractivity contribution is 7.84. The van der Waals surface area contributed by atoms with Gasteiger partial charge in [-0.15, -0.1) is 12.6 Å². The van der Waals surface area contributed by atoms with Crippen LogP contribution in [0, 0.1) is 18.3 Å². The number of ether oxygens (including phenoxy) is 1. The molecular formula is C28H23N5O2S. The number of thiol groups is 1. The summed E-state index contributed by atoms with van der Waals surface area (Å²) in [6.07, 6.45) is 1.25. The first-order valence-corrected chi connectivity index (χ1v) is 11.7. The number of carbonyl (C=O) groups excluding carboxylic acids is 1. The topological polar surface area (TPSA) is 83.2 Å². The summed E-state index contributed by atoms with van der Waals surface area (Å²) in [5.41, 5.74) is 4.94. The molecule has 0 fully saturated rings. The second kappa shape index (κ2) is 9.64.